The Kier molecular flexibility index (Phi) is 6.39. The highest BCUT2D eigenvalue weighted by Gasteiger charge is 2.16. The van der Waals surface area contributed by atoms with Crippen molar-refractivity contribution in [1.82, 2.24) is 0 Å². The Balaban J connectivity index is 2.04. The molecule has 0 aliphatic rings. The maximum Gasteiger partial charge on any atom is 0.337 e. The van der Waals surface area contributed by atoms with Gasteiger partial charge >= 0.3 is 5.97 Å². The third kappa shape index (κ3) is 4.85. The number of ether oxygens (including phenoxy) is 2. The molecule has 5 heteroatoms. The summed E-state index contributed by atoms with van der Waals surface area (Å²) in [5.41, 5.74) is 3.28. The lowest BCUT2D eigenvalue weighted by molar-refractivity contribution is -0.122. The predicted molar refractivity (Wildman–Crippen MR) is 102 cm³/mol. The van der Waals surface area contributed by atoms with Crippen LogP contribution in [0.2, 0.25) is 0 Å². The van der Waals surface area contributed by atoms with Gasteiger partial charge in [-0.2, -0.15) is 0 Å². The third-order valence-electron chi connectivity index (χ3n) is 4.10. The average molecular weight is 355 g/mol. The summed E-state index contributed by atoms with van der Waals surface area (Å²) in [5, 5.41) is 2.75. The van der Waals surface area contributed by atoms with Crippen LogP contribution in [0.15, 0.2) is 42.5 Å². The van der Waals surface area contributed by atoms with Crippen LogP contribution < -0.4 is 10.1 Å². The zero-order chi connectivity index (χ0) is 19.3. The summed E-state index contributed by atoms with van der Waals surface area (Å²) in [6.07, 6.45) is -0.680. The first-order valence-corrected chi connectivity index (χ1v) is 8.58. The van der Waals surface area contributed by atoms with Gasteiger partial charge in [0.15, 0.2) is 6.10 Å². The summed E-state index contributed by atoms with van der Waals surface area (Å²) in [7, 11) is 1.32. The summed E-state index contributed by atoms with van der Waals surface area (Å²) in [6, 6.07) is 12.4. The van der Waals surface area contributed by atoms with E-state index < -0.39 is 12.1 Å². The van der Waals surface area contributed by atoms with Crippen LogP contribution in [0.5, 0.6) is 5.75 Å². The molecule has 1 N–H and O–H groups in total. The Morgan fingerprint density at radius 2 is 1.77 bits per heavy atom. The first-order valence-electron chi connectivity index (χ1n) is 8.58. The molecule has 0 spiro atoms. The standard InChI is InChI=1S/C21H25NO4/c1-13(2)19-10-9-18(11-14(19)3)26-15(4)20(23)22-17-8-6-7-16(12-17)21(24)25-5/h6-13,15H,1-5H3,(H,22,23). The van der Waals surface area contributed by atoms with Gasteiger partial charge in [-0.1, -0.05) is 26.0 Å². The molecule has 0 radical (unpaired) electrons. The lowest BCUT2D eigenvalue weighted by Gasteiger charge is -2.17. The first-order chi connectivity index (χ1) is 12.3. The summed E-state index contributed by atoms with van der Waals surface area (Å²) < 4.78 is 10.4. The first kappa shape index (κ1) is 19.5. The Labute approximate surface area is 154 Å². The van der Waals surface area contributed by atoms with Crippen LogP contribution in [0.1, 0.15) is 48.2 Å². The van der Waals surface area contributed by atoms with E-state index in [9.17, 15) is 9.59 Å². The van der Waals surface area contributed by atoms with Crippen LogP contribution in [0.4, 0.5) is 5.69 Å². The molecule has 0 bridgehead atoms. The van der Waals surface area contributed by atoms with Crippen molar-refractivity contribution in [2.45, 2.75) is 39.7 Å². The van der Waals surface area contributed by atoms with E-state index in [0.29, 0.717) is 22.9 Å². The Hall–Kier alpha value is -2.82. The second kappa shape index (κ2) is 8.52. The van der Waals surface area contributed by atoms with Crippen molar-refractivity contribution in [2.24, 2.45) is 0 Å². The van der Waals surface area contributed by atoms with Gasteiger partial charge in [-0.05, 0) is 61.2 Å². The van der Waals surface area contributed by atoms with Gasteiger partial charge in [-0.15, -0.1) is 0 Å². The fourth-order valence-corrected chi connectivity index (χ4v) is 2.71. The highest BCUT2D eigenvalue weighted by molar-refractivity contribution is 5.96. The maximum atomic E-state index is 12.4. The number of amides is 1. The number of methoxy groups -OCH3 is 1. The Bertz CT molecular complexity index is 798. The second-order valence-electron chi connectivity index (χ2n) is 6.49. The van der Waals surface area contributed by atoms with Gasteiger partial charge in [-0.3, -0.25) is 4.79 Å². The third-order valence-corrected chi connectivity index (χ3v) is 4.10. The molecule has 1 atom stereocenters. The number of rotatable bonds is 6. The maximum absolute atomic E-state index is 12.4. The highest BCUT2D eigenvalue weighted by atomic mass is 16.5. The zero-order valence-electron chi connectivity index (χ0n) is 15.8. The number of esters is 1. The van der Waals surface area contributed by atoms with Gasteiger partial charge in [0.05, 0.1) is 12.7 Å². The van der Waals surface area contributed by atoms with E-state index in [-0.39, 0.29) is 5.91 Å². The fourth-order valence-electron chi connectivity index (χ4n) is 2.71. The van der Waals surface area contributed by atoms with Crippen LogP contribution >= 0.6 is 0 Å². The van der Waals surface area contributed by atoms with Gasteiger partial charge in [0.25, 0.3) is 5.91 Å². The molecular weight excluding hydrogens is 330 g/mol. The lowest BCUT2D eigenvalue weighted by Crippen LogP contribution is -2.30. The summed E-state index contributed by atoms with van der Waals surface area (Å²) in [5.74, 6) is 0.341. The Morgan fingerprint density at radius 1 is 1.04 bits per heavy atom. The number of carbonyl (C=O) groups is 2. The molecule has 0 saturated heterocycles. The SMILES string of the molecule is COC(=O)c1cccc(NC(=O)C(C)Oc2ccc(C(C)C)c(C)c2)c1. The molecule has 0 heterocycles. The molecular formula is C21H25NO4. The van der Waals surface area contributed by atoms with Crippen molar-refractivity contribution < 1.29 is 19.1 Å². The van der Waals surface area contributed by atoms with E-state index in [4.69, 9.17) is 4.74 Å². The largest absolute Gasteiger partial charge is 0.481 e. The van der Waals surface area contributed by atoms with E-state index in [1.165, 1.54) is 12.7 Å². The second-order valence-corrected chi connectivity index (χ2v) is 6.49. The van der Waals surface area contributed by atoms with Crippen molar-refractivity contribution in [1.29, 1.82) is 0 Å². The molecule has 0 aliphatic carbocycles. The summed E-state index contributed by atoms with van der Waals surface area (Å²) >= 11 is 0. The topological polar surface area (TPSA) is 64.6 Å². The van der Waals surface area contributed by atoms with Crippen LogP contribution in [-0.4, -0.2) is 25.1 Å². The van der Waals surface area contributed by atoms with Crippen molar-refractivity contribution in [3.8, 4) is 5.75 Å². The van der Waals surface area contributed by atoms with Crippen molar-refractivity contribution in [3.63, 3.8) is 0 Å². The van der Waals surface area contributed by atoms with E-state index >= 15 is 0 Å². The minimum absolute atomic E-state index is 0.294. The monoisotopic (exact) mass is 355 g/mol. The molecule has 138 valence electrons. The quantitative estimate of drug-likeness (QED) is 0.784. The normalized spacial score (nSPS) is 11.8. The van der Waals surface area contributed by atoms with Crippen LogP contribution in [0.25, 0.3) is 0 Å². The molecule has 0 saturated carbocycles. The Morgan fingerprint density at radius 3 is 2.38 bits per heavy atom. The number of hydrogen-bond acceptors (Lipinski definition) is 4. The average Bonchev–Trinajstić information content (AvgIpc) is 2.60. The molecule has 2 rings (SSSR count). The smallest absolute Gasteiger partial charge is 0.337 e. The van der Waals surface area contributed by atoms with Crippen LogP contribution in [-0.2, 0) is 9.53 Å². The number of aryl methyl sites for hydroxylation is 1. The molecule has 2 aromatic carbocycles. The number of carbonyl (C=O) groups excluding carboxylic acids is 2. The predicted octanol–water partition coefficient (Wildman–Crippen LogP) is 4.31. The fraction of sp³-hybridized carbons (Fsp3) is 0.333. The molecule has 0 aliphatic heterocycles. The highest BCUT2D eigenvalue weighted by Crippen LogP contribution is 2.24. The van der Waals surface area contributed by atoms with Crippen LogP contribution in [0, 0.1) is 6.92 Å². The van der Waals surface area contributed by atoms with Gasteiger partial charge in [-0.25, -0.2) is 4.79 Å². The molecule has 5 nitrogen and oxygen atoms in total. The molecule has 2 aromatic rings. The van der Waals surface area contributed by atoms with Gasteiger partial charge in [0.2, 0.25) is 0 Å². The molecule has 0 aromatic heterocycles. The number of benzene rings is 2. The molecule has 0 fully saturated rings. The minimum Gasteiger partial charge on any atom is -0.481 e. The van der Waals surface area contributed by atoms with E-state index in [1.807, 2.05) is 25.1 Å². The summed E-state index contributed by atoms with van der Waals surface area (Å²) in [4.78, 5) is 23.9. The zero-order valence-corrected chi connectivity index (χ0v) is 15.8. The van der Waals surface area contributed by atoms with E-state index in [0.717, 1.165) is 5.56 Å². The number of hydrogen-bond donors (Lipinski definition) is 1. The van der Waals surface area contributed by atoms with Crippen molar-refractivity contribution in [2.75, 3.05) is 12.4 Å². The molecule has 26 heavy (non-hydrogen) atoms. The number of nitrogens with one attached hydrogen (secondary N) is 1. The van der Waals surface area contributed by atoms with Gasteiger partial charge in [0.1, 0.15) is 5.75 Å². The molecule has 1 unspecified atom stereocenters. The minimum atomic E-state index is -0.680. The van der Waals surface area contributed by atoms with Crippen molar-refractivity contribution >= 4 is 17.6 Å². The molecule has 1 amide bonds. The van der Waals surface area contributed by atoms with E-state index in [2.05, 4.69) is 23.9 Å². The van der Waals surface area contributed by atoms with Crippen molar-refractivity contribution in [3.05, 3.63) is 59.2 Å². The summed E-state index contributed by atoms with van der Waals surface area (Å²) in [6.45, 7) is 8.00. The van der Waals surface area contributed by atoms with Gasteiger partial charge in [0, 0.05) is 5.69 Å². The van der Waals surface area contributed by atoms with Crippen LogP contribution in [0.3, 0.4) is 0 Å². The van der Waals surface area contributed by atoms with E-state index in [1.54, 1.807) is 31.2 Å². The lowest BCUT2D eigenvalue weighted by atomic mass is 9.98. The number of anilines is 1. The van der Waals surface area contributed by atoms with Gasteiger partial charge < -0.3 is 14.8 Å².